The Kier molecular flexibility index (Phi) is 2.72. The van der Waals surface area contributed by atoms with Crippen LogP contribution in [-0.2, 0) is 0 Å². The summed E-state index contributed by atoms with van der Waals surface area (Å²) in [6.07, 6.45) is 1.65. The lowest BCUT2D eigenvalue weighted by molar-refractivity contribution is 0.458. The fourth-order valence-corrected chi connectivity index (χ4v) is 1.33. The first-order chi connectivity index (χ1) is 7.65. The smallest absolute Gasteiger partial charge is 0.226 e. The van der Waals surface area contributed by atoms with Crippen molar-refractivity contribution in [2.45, 2.75) is 13.8 Å². The highest BCUT2D eigenvalue weighted by Crippen LogP contribution is 2.23. The summed E-state index contributed by atoms with van der Waals surface area (Å²) < 4.78 is 5.64. The second-order valence-electron chi connectivity index (χ2n) is 3.63. The van der Waals surface area contributed by atoms with E-state index in [1.165, 1.54) is 0 Å². The van der Waals surface area contributed by atoms with Gasteiger partial charge in [0, 0.05) is 11.8 Å². The number of nitrogen functional groups attached to an aromatic ring is 1. The second-order valence-corrected chi connectivity index (χ2v) is 3.63. The molecule has 0 radical (unpaired) electrons. The lowest BCUT2D eigenvalue weighted by atomic mass is 10.2. The number of rotatable bonds is 2. The monoisotopic (exact) mass is 215 g/mol. The molecule has 2 rings (SSSR count). The van der Waals surface area contributed by atoms with Crippen LogP contribution in [0.5, 0.6) is 11.6 Å². The maximum Gasteiger partial charge on any atom is 0.226 e. The van der Waals surface area contributed by atoms with Gasteiger partial charge in [-0.25, -0.2) is 4.98 Å². The number of nitrogens with two attached hydrogens (primary N) is 1. The Morgan fingerprint density at radius 1 is 1.25 bits per heavy atom. The quantitative estimate of drug-likeness (QED) is 0.835. The first kappa shape index (κ1) is 10.4. The van der Waals surface area contributed by atoms with Gasteiger partial charge in [-0.1, -0.05) is 12.1 Å². The molecule has 0 atom stereocenters. The van der Waals surface area contributed by atoms with Gasteiger partial charge in [0.1, 0.15) is 5.75 Å². The Bertz CT molecular complexity index is 511. The first-order valence-electron chi connectivity index (χ1n) is 4.99. The van der Waals surface area contributed by atoms with Crippen LogP contribution in [0.15, 0.2) is 30.5 Å². The Hall–Kier alpha value is -2.10. The van der Waals surface area contributed by atoms with Crippen LogP contribution in [0.1, 0.15) is 11.1 Å². The van der Waals surface area contributed by atoms with Gasteiger partial charge in [0.05, 0.1) is 0 Å². The molecule has 0 amide bonds. The molecule has 2 N–H and O–H groups in total. The molecule has 0 saturated heterocycles. The van der Waals surface area contributed by atoms with E-state index < -0.39 is 0 Å². The van der Waals surface area contributed by atoms with E-state index in [2.05, 4.69) is 9.97 Å². The molecule has 16 heavy (non-hydrogen) atoms. The summed E-state index contributed by atoms with van der Waals surface area (Å²) >= 11 is 0. The summed E-state index contributed by atoms with van der Waals surface area (Å²) in [7, 11) is 0. The molecule has 82 valence electrons. The van der Waals surface area contributed by atoms with Crippen LogP contribution in [0.25, 0.3) is 0 Å². The summed E-state index contributed by atoms with van der Waals surface area (Å²) in [5, 5.41) is 0. The number of hydrogen-bond acceptors (Lipinski definition) is 4. The van der Waals surface area contributed by atoms with Crippen molar-refractivity contribution in [3.63, 3.8) is 0 Å². The Morgan fingerprint density at radius 2 is 2.06 bits per heavy atom. The Labute approximate surface area is 94.1 Å². The van der Waals surface area contributed by atoms with Gasteiger partial charge >= 0.3 is 0 Å². The van der Waals surface area contributed by atoms with Crippen LogP contribution in [-0.4, -0.2) is 9.97 Å². The Morgan fingerprint density at radius 3 is 2.81 bits per heavy atom. The van der Waals surface area contributed by atoms with E-state index in [1.807, 2.05) is 38.1 Å². The third kappa shape index (κ3) is 2.28. The summed E-state index contributed by atoms with van der Waals surface area (Å²) in [4.78, 5) is 7.93. The van der Waals surface area contributed by atoms with Gasteiger partial charge in [-0.15, -0.1) is 0 Å². The van der Waals surface area contributed by atoms with Crippen molar-refractivity contribution in [2.75, 3.05) is 5.73 Å². The molecular weight excluding hydrogens is 202 g/mol. The van der Waals surface area contributed by atoms with E-state index in [1.54, 1.807) is 6.20 Å². The van der Waals surface area contributed by atoms with Crippen molar-refractivity contribution in [2.24, 2.45) is 0 Å². The van der Waals surface area contributed by atoms with Crippen molar-refractivity contribution >= 4 is 5.95 Å². The van der Waals surface area contributed by atoms with Crippen LogP contribution >= 0.6 is 0 Å². The number of anilines is 1. The molecule has 1 aromatic carbocycles. The van der Waals surface area contributed by atoms with Gasteiger partial charge in [-0.2, -0.15) is 4.98 Å². The normalized spacial score (nSPS) is 10.1. The van der Waals surface area contributed by atoms with Gasteiger partial charge in [0.25, 0.3) is 0 Å². The molecule has 0 unspecified atom stereocenters. The van der Waals surface area contributed by atoms with Crippen LogP contribution in [0, 0.1) is 13.8 Å². The van der Waals surface area contributed by atoms with Crippen molar-refractivity contribution < 1.29 is 4.74 Å². The number of nitrogens with zero attached hydrogens (tertiary/aromatic N) is 2. The van der Waals surface area contributed by atoms with Gasteiger partial charge in [0.15, 0.2) is 0 Å². The number of benzene rings is 1. The van der Waals surface area contributed by atoms with Crippen LogP contribution in [0.4, 0.5) is 5.95 Å². The van der Waals surface area contributed by atoms with Crippen LogP contribution in [0.3, 0.4) is 0 Å². The molecule has 2 aromatic rings. The fraction of sp³-hybridized carbons (Fsp3) is 0.167. The van der Waals surface area contributed by atoms with Gasteiger partial charge in [-0.3, -0.25) is 0 Å². The summed E-state index contributed by atoms with van der Waals surface area (Å²) in [5.41, 5.74) is 7.50. The molecular formula is C12H13N3O. The maximum absolute atomic E-state index is 5.64. The van der Waals surface area contributed by atoms with Crippen molar-refractivity contribution in [1.82, 2.24) is 9.97 Å². The summed E-state index contributed by atoms with van der Waals surface area (Å²) in [6, 6.07) is 7.76. The molecule has 0 aliphatic carbocycles. The fourth-order valence-electron chi connectivity index (χ4n) is 1.33. The molecule has 4 nitrogen and oxygen atoms in total. The predicted molar refractivity (Wildman–Crippen MR) is 62.4 cm³/mol. The zero-order valence-corrected chi connectivity index (χ0v) is 9.27. The minimum Gasteiger partial charge on any atom is -0.439 e. The van der Waals surface area contributed by atoms with E-state index in [0.29, 0.717) is 5.88 Å². The average molecular weight is 215 g/mol. The minimum atomic E-state index is 0.216. The Balaban J connectivity index is 2.30. The van der Waals surface area contributed by atoms with E-state index in [4.69, 9.17) is 10.5 Å². The topological polar surface area (TPSA) is 61.0 Å². The molecule has 1 heterocycles. The van der Waals surface area contributed by atoms with Crippen molar-refractivity contribution in [1.29, 1.82) is 0 Å². The lowest BCUT2D eigenvalue weighted by Gasteiger charge is -2.07. The third-order valence-corrected chi connectivity index (χ3v) is 2.15. The largest absolute Gasteiger partial charge is 0.439 e. The van der Waals surface area contributed by atoms with Gasteiger partial charge in [-0.05, 0) is 31.5 Å². The third-order valence-electron chi connectivity index (χ3n) is 2.15. The highest BCUT2D eigenvalue weighted by atomic mass is 16.5. The maximum atomic E-state index is 5.64. The molecule has 0 bridgehead atoms. The molecule has 4 heteroatoms. The second kappa shape index (κ2) is 4.18. The zero-order chi connectivity index (χ0) is 11.5. The number of aryl methyl sites for hydroxylation is 2. The number of aromatic nitrogens is 2. The van der Waals surface area contributed by atoms with Gasteiger partial charge < -0.3 is 10.5 Å². The van der Waals surface area contributed by atoms with Crippen LogP contribution < -0.4 is 10.5 Å². The average Bonchev–Trinajstić information content (AvgIpc) is 2.24. The minimum absolute atomic E-state index is 0.216. The van der Waals surface area contributed by atoms with Crippen LogP contribution in [0.2, 0.25) is 0 Å². The van der Waals surface area contributed by atoms with Crippen molar-refractivity contribution in [3.05, 3.63) is 41.6 Å². The van der Waals surface area contributed by atoms with Gasteiger partial charge in [0.2, 0.25) is 11.8 Å². The molecule has 0 spiro atoms. The summed E-state index contributed by atoms with van der Waals surface area (Å²) in [6.45, 7) is 3.89. The molecule has 0 aliphatic rings. The molecule has 0 saturated carbocycles. The summed E-state index contributed by atoms with van der Waals surface area (Å²) in [5.74, 6) is 1.47. The van der Waals surface area contributed by atoms with E-state index in [9.17, 15) is 0 Å². The molecule has 0 aliphatic heterocycles. The van der Waals surface area contributed by atoms with E-state index in [0.717, 1.165) is 16.9 Å². The van der Waals surface area contributed by atoms with E-state index >= 15 is 0 Å². The first-order valence-corrected chi connectivity index (χ1v) is 4.99. The van der Waals surface area contributed by atoms with E-state index in [-0.39, 0.29) is 5.95 Å². The molecule has 0 fully saturated rings. The standard InChI is InChI=1S/C12H13N3O/c1-8-4-3-5-10(6-8)16-11-9(2)7-14-12(13)15-11/h3-7H,1-2H3,(H2,13,14,15). The number of hydrogen-bond donors (Lipinski definition) is 1. The molecule has 1 aromatic heterocycles. The predicted octanol–water partition coefficient (Wildman–Crippen LogP) is 2.47. The zero-order valence-electron chi connectivity index (χ0n) is 9.27. The van der Waals surface area contributed by atoms with Crippen molar-refractivity contribution in [3.8, 4) is 11.6 Å². The highest BCUT2D eigenvalue weighted by Gasteiger charge is 2.04. The SMILES string of the molecule is Cc1cccc(Oc2nc(N)ncc2C)c1. The lowest BCUT2D eigenvalue weighted by Crippen LogP contribution is -1.98. The number of ether oxygens (including phenoxy) is 1. The highest BCUT2D eigenvalue weighted by molar-refractivity contribution is 5.35.